The van der Waals surface area contributed by atoms with Gasteiger partial charge in [-0.3, -0.25) is 9.59 Å². The summed E-state index contributed by atoms with van der Waals surface area (Å²) in [5, 5.41) is 2.81. The first-order valence-electron chi connectivity index (χ1n) is 8.62. The monoisotopic (exact) mass is 374 g/mol. The first-order chi connectivity index (χ1) is 13.0. The van der Waals surface area contributed by atoms with Gasteiger partial charge in [0.15, 0.2) is 16.4 Å². The maximum atomic E-state index is 12.8. The summed E-state index contributed by atoms with van der Waals surface area (Å²) in [7, 11) is 0. The fourth-order valence-corrected chi connectivity index (χ4v) is 4.12. The van der Waals surface area contributed by atoms with Crippen LogP contribution in [0.3, 0.4) is 0 Å². The van der Waals surface area contributed by atoms with Gasteiger partial charge in [0.05, 0.1) is 5.57 Å². The maximum Gasteiger partial charge on any atom is 0.258 e. The number of nitrogens with zero attached hydrogens (tertiary/aromatic N) is 2. The molecule has 4 aromatic rings. The Labute approximate surface area is 158 Å². The van der Waals surface area contributed by atoms with Crippen LogP contribution in [-0.4, -0.2) is 21.5 Å². The van der Waals surface area contributed by atoms with Gasteiger partial charge < -0.3 is 4.42 Å². The summed E-state index contributed by atoms with van der Waals surface area (Å²) in [6.07, 6.45) is 1.43. The summed E-state index contributed by atoms with van der Waals surface area (Å²) in [6, 6.07) is 11.2. The molecule has 0 N–H and O–H groups in total. The first kappa shape index (κ1) is 16.1. The Kier molecular flexibility index (Phi) is 3.39. The number of fused-ring (bicyclic) bond motifs is 3. The number of benzene rings is 2. The Morgan fingerprint density at radius 3 is 2.19 bits per heavy atom. The average molecular weight is 374 g/mol. The van der Waals surface area contributed by atoms with Gasteiger partial charge in [0.1, 0.15) is 5.01 Å². The highest BCUT2D eigenvalue weighted by atomic mass is 32.1. The molecule has 5 nitrogen and oxygen atoms in total. The summed E-state index contributed by atoms with van der Waals surface area (Å²) in [6.45, 7) is 4.11. The Morgan fingerprint density at radius 2 is 1.63 bits per heavy atom. The van der Waals surface area contributed by atoms with Gasteiger partial charge in [-0.1, -0.05) is 49.4 Å². The van der Waals surface area contributed by atoms with Crippen LogP contribution in [0.15, 0.2) is 46.4 Å². The lowest BCUT2D eigenvalue weighted by Gasteiger charge is -2.00. The summed E-state index contributed by atoms with van der Waals surface area (Å²) in [5.74, 6) is -0.0628. The van der Waals surface area contributed by atoms with Gasteiger partial charge in [0.25, 0.3) is 5.71 Å². The zero-order valence-electron chi connectivity index (χ0n) is 14.6. The molecule has 2 aromatic heterocycles. The molecule has 0 fully saturated rings. The van der Waals surface area contributed by atoms with Crippen molar-refractivity contribution in [1.82, 2.24) is 9.97 Å². The van der Waals surface area contributed by atoms with Gasteiger partial charge in [-0.25, -0.2) is 4.98 Å². The molecule has 0 radical (unpaired) electrons. The average Bonchev–Trinajstić information content (AvgIpc) is 3.28. The Morgan fingerprint density at radius 1 is 1.00 bits per heavy atom. The smallest absolute Gasteiger partial charge is 0.258 e. The lowest BCUT2D eigenvalue weighted by molar-refractivity contribution is 0.0990. The van der Waals surface area contributed by atoms with Crippen LogP contribution in [0.25, 0.3) is 27.4 Å². The van der Waals surface area contributed by atoms with Crippen molar-refractivity contribution in [2.45, 2.75) is 19.8 Å². The fraction of sp³-hybridized carbons (Fsp3) is 0.143. The molecule has 0 amide bonds. The zero-order valence-corrected chi connectivity index (χ0v) is 15.5. The minimum absolute atomic E-state index is 0.0818. The fourth-order valence-electron chi connectivity index (χ4n) is 3.25. The van der Waals surface area contributed by atoms with Crippen molar-refractivity contribution < 1.29 is 14.0 Å². The number of carbonyl (C=O) groups is 2. The zero-order chi connectivity index (χ0) is 18.7. The van der Waals surface area contributed by atoms with Gasteiger partial charge in [-0.15, -0.1) is 0 Å². The molecule has 2 aromatic carbocycles. The van der Waals surface area contributed by atoms with E-state index in [0.717, 1.165) is 15.8 Å². The van der Waals surface area contributed by atoms with E-state index in [4.69, 9.17) is 4.42 Å². The number of Topliss-reactive ketones (excluding diaryl/α,β-unsaturated/α-hetero) is 2. The van der Waals surface area contributed by atoms with Crippen LogP contribution in [0.1, 0.15) is 51.4 Å². The van der Waals surface area contributed by atoms with Crippen LogP contribution in [0.5, 0.6) is 0 Å². The molecule has 0 bridgehead atoms. The van der Waals surface area contributed by atoms with Crippen LogP contribution in [-0.2, 0) is 0 Å². The second kappa shape index (κ2) is 5.69. The molecule has 132 valence electrons. The molecule has 0 saturated heterocycles. The third kappa shape index (κ3) is 2.44. The number of hydrogen-bond donors (Lipinski definition) is 0. The molecule has 2 heterocycles. The second-order valence-electron chi connectivity index (χ2n) is 6.83. The third-order valence-corrected chi connectivity index (χ3v) is 5.87. The summed E-state index contributed by atoms with van der Waals surface area (Å²) in [4.78, 5) is 35.0. The number of aromatic nitrogens is 2. The SMILES string of the molecule is CC(C)c1nc2oc(C=C3C(=O)c4cc5ccccc5cc4C3=O)nc2s1. The van der Waals surface area contributed by atoms with Crippen molar-refractivity contribution in [2.75, 3.05) is 0 Å². The lowest BCUT2D eigenvalue weighted by atomic mass is 10.0. The molecule has 5 rings (SSSR count). The second-order valence-corrected chi connectivity index (χ2v) is 7.84. The molecule has 0 unspecified atom stereocenters. The first-order valence-corrected chi connectivity index (χ1v) is 9.44. The highest BCUT2D eigenvalue weighted by Crippen LogP contribution is 2.33. The van der Waals surface area contributed by atoms with Gasteiger partial charge in [0, 0.05) is 23.1 Å². The highest BCUT2D eigenvalue weighted by Gasteiger charge is 2.34. The largest absolute Gasteiger partial charge is 0.417 e. The molecular formula is C21H14N2O3S. The summed E-state index contributed by atoms with van der Waals surface area (Å²) < 4.78 is 5.64. The number of carbonyl (C=O) groups excluding carboxylic acids is 2. The van der Waals surface area contributed by atoms with Crippen LogP contribution in [0.2, 0.25) is 0 Å². The molecular weight excluding hydrogens is 360 g/mol. The van der Waals surface area contributed by atoms with Crippen molar-refractivity contribution >= 4 is 50.3 Å². The molecule has 0 spiro atoms. The Hall–Kier alpha value is -3.12. The van der Waals surface area contributed by atoms with E-state index in [2.05, 4.69) is 23.8 Å². The predicted molar refractivity (Wildman–Crippen MR) is 104 cm³/mol. The van der Waals surface area contributed by atoms with E-state index < -0.39 is 0 Å². The lowest BCUT2D eigenvalue weighted by Crippen LogP contribution is -2.00. The number of thiazole rings is 1. The van der Waals surface area contributed by atoms with E-state index in [-0.39, 0.29) is 23.0 Å². The van der Waals surface area contributed by atoms with Gasteiger partial charge >= 0.3 is 0 Å². The Balaban J connectivity index is 1.58. The Bertz CT molecular complexity index is 1210. The van der Waals surface area contributed by atoms with Crippen molar-refractivity contribution in [2.24, 2.45) is 0 Å². The minimum atomic E-state index is -0.293. The molecule has 1 aliphatic carbocycles. The number of hydrogen-bond acceptors (Lipinski definition) is 6. The number of rotatable bonds is 2. The predicted octanol–water partition coefficient (Wildman–Crippen LogP) is 5.02. The molecule has 6 heteroatoms. The molecule has 1 aliphatic rings. The van der Waals surface area contributed by atoms with Crippen LogP contribution in [0.4, 0.5) is 0 Å². The van der Waals surface area contributed by atoms with Crippen molar-refractivity contribution in [3.05, 3.63) is 64.0 Å². The quantitative estimate of drug-likeness (QED) is 0.364. The van der Waals surface area contributed by atoms with Crippen LogP contribution >= 0.6 is 11.3 Å². The molecule has 0 aliphatic heterocycles. The van der Waals surface area contributed by atoms with Gasteiger partial charge in [0.2, 0.25) is 5.89 Å². The molecule has 0 atom stereocenters. The third-order valence-electron chi connectivity index (χ3n) is 4.63. The van der Waals surface area contributed by atoms with Crippen molar-refractivity contribution in [3.8, 4) is 0 Å². The number of allylic oxidation sites excluding steroid dienone is 1. The standard InChI is InChI=1S/C21H14N2O3S/c1-10(2)20-23-19-21(27-20)22-16(26-19)9-15-17(24)13-7-11-5-3-4-6-12(11)8-14(13)18(15)25/h3-10H,1-2H3. The van der Waals surface area contributed by atoms with Crippen LogP contribution < -0.4 is 0 Å². The molecule has 0 saturated carbocycles. The number of ketones is 2. The van der Waals surface area contributed by atoms with E-state index in [0.29, 0.717) is 27.6 Å². The highest BCUT2D eigenvalue weighted by molar-refractivity contribution is 7.18. The van der Waals surface area contributed by atoms with E-state index in [1.165, 1.54) is 17.4 Å². The van der Waals surface area contributed by atoms with E-state index in [1.54, 1.807) is 12.1 Å². The van der Waals surface area contributed by atoms with E-state index in [9.17, 15) is 9.59 Å². The maximum absolute atomic E-state index is 12.8. The molecule has 27 heavy (non-hydrogen) atoms. The van der Waals surface area contributed by atoms with Crippen molar-refractivity contribution in [3.63, 3.8) is 0 Å². The van der Waals surface area contributed by atoms with Crippen molar-refractivity contribution in [1.29, 1.82) is 0 Å². The van der Waals surface area contributed by atoms with E-state index in [1.807, 2.05) is 24.3 Å². The number of oxazole rings is 1. The summed E-state index contributed by atoms with van der Waals surface area (Å²) in [5.41, 5.74) is 1.38. The summed E-state index contributed by atoms with van der Waals surface area (Å²) >= 11 is 1.46. The normalized spacial score (nSPS) is 14.0. The van der Waals surface area contributed by atoms with E-state index >= 15 is 0 Å². The topological polar surface area (TPSA) is 73.1 Å². The minimum Gasteiger partial charge on any atom is -0.417 e. The van der Waals surface area contributed by atoms with Gasteiger partial charge in [-0.2, -0.15) is 4.98 Å². The van der Waals surface area contributed by atoms with Crippen LogP contribution in [0, 0.1) is 0 Å². The van der Waals surface area contributed by atoms with Gasteiger partial charge in [-0.05, 0) is 22.9 Å².